The molecule has 7 heteroatoms. The van der Waals surface area contributed by atoms with Crippen LogP contribution in [0.1, 0.15) is 47.8 Å². The number of fused-ring (bicyclic) bond motifs is 3. The molecule has 0 saturated heterocycles. The highest BCUT2D eigenvalue weighted by molar-refractivity contribution is 6.05. The Bertz CT molecular complexity index is 1200. The molecule has 1 aliphatic rings. The fourth-order valence-corrected chi connectivity index (χ4v) is 4.29. The molecule has 0 spiro atoms. The molecular formula is C25H24F3NO3. The summed E-state index contributed by atoms with van der Waals surface area (Å²) >= 11 is 0. The first-order valence-corrected chi connectivity index (χ1v) is 10.5. The summed E-state index contributed by atoms with van der Waals surface area (Å²) in [6.07, 6.45) is 1.12. The van der Waals surface area contributed by atoms with Gasteiger partial charge in [-0.25, -0.2) is 0 Å². The summed E-state index contributed by atoms with van der Waals surface area (Å²) in [6, 6.07) is 6.35. The van der Waals surface area contributed by atoms with Crippen molar-refractivity contribution >= 4 is 28.1 Å². The van der Waals surface area contributed by atoms with Crippen molar-refractivity contribution in [3.05, 3.63) is 64.4 Å². The van der Waals surface area contributed by atoms with E-state index in [2.05, 4.69) is 5.32 Å². The molecule has 4 rings (SSSR count). The van der Waals surface area contributed by atoms with Crippen LogP contribution in [0.2, 0.25) is 0 Å². The number of nitrogens with one attached hydrogen (secondary N) is 1. The Kier molecular flexibility index (Phi) is 5.75. The monoisotopic (exact) mass is 443 g/mol. The van der Waals surface area contributed by atoms with Crippen molar-refractivity contribution < 1.29 is 27.1 Å². The number of hydrogen-bond acceptors (Lipinski definition) is 3. The maximum atomic E-state index is 12.7. The van der Waals surface area contributed by atoms with E-state index in [1.54, 1.807) is 7.11 Å². The number of alkyl halides is 3. The van der Waals surface area contributed by atoms with E-state index >= 15 is 0 Å². The number of benzene rings is 2. The van der Waals surface area contributed by atoms with Gasteiger partial charge >= 0.3 is 6.18 Å². The summed E-state index contributed by atoms with van der Waals surface area (Å²) in [5.41, 5.74) is 3.91. The molecule has 1 aromatic heterocycles. The van der Waals surface area contributed by atoms with Crippen molar-refractivity contribution in [2.75, 3.05) is 12.4 Å². The zero-order valence-electron chi connectivity index (χ0n) is 18.2. The lowest BCUT2D eigenvalue weighted by molar-refractivity contribution is -0.137. The normalized spacial score (nSPS) is 14.4. The van der Waals surface area contributed by atoms with Gasteiger partial charge in [0.25, 0.3) is 0 Å². The minimum atomic E-state index is -4.42. The Morgan fingerprint density at radius 1 is 1.16 bits per heavy atom. The quantitative estimate of drug-likeness (QED) is 0.457. The van der Waals surface area contributed by atoms with Crippen LogP contribution in [-0.2, 0) is 23.8 Å². The molecule has 2 aromatic carbocycles. The van der Waals surface area contributed by atoms with E-state index in [1.807, 2.05) is 19.9 Å². The smallest absolute Gasteiger partial charge is 0.416 e. The fraction of sp³-hybridized carbons (Fsp3) is 0.320. The van der Waals surface area contributed by atoms with E-state index in [-0.39, 0.29) is 5.69 Å². The summed E-state index contributed by atoms with van der Waals surface area (Å²) in [6.45, 7) is 3.75. The zero-order valence-corrected chi connectivity index (χ0v) is 18.2. The van der Waals surface area contributed by atoms with Crippen LogP contribution >= 0.6 is 0 Å². The molecule has 3 aromatic rings. The molecule has 0 fully saturated rings. The molecule has 0 bridgehead atoms. The second-order valence-corrected chi connectivity index (χ2v) is 8.06. The van der Waals surface area contributed by atoms with Crippen LogP contribution < -0.4 is 10.1 Å². The van der Waals surface area contributed by atoms with Crippen molar-refractivity contribution in [3.8, 4) is 5.75 Å². The molecule has 4 nitrogen and oxygen atoms in total. The molecule has 1 amide bonds. The number of aryl methyl sites for hydroxylation is 3. The number of furan rings is 1. The van der Waals surface area contributed by atoms with Gasteiger partial charge in [-0.2, -0.15) is 13.2 Å². The second kappa shape index (κ2) is 8.37. The molecule has 0 atom stereocenters. The number of carbonyl (C=O) groups excluding carboxylic acids is 1. The number of hydrogen-bond donors (Lipinski definition) is 1. The van der Waals surface area contributed by atoms with Crippen molar-refractivity contribution in [1.29, 1.82) is 0 Å². The van der Waals surface area contributed by atoms with Crippen LogP contribution in [0.15, 0.2) is 40.8 Å². The van der Waals surface area contributed by atoms with Gasteiger partial charge in [0.1, 0.15) is 17.1 Å². The van der Waals surface area contributed by atoms with E-state index in [9.17, 15) is 18.0 Å². The van der Waals surface area contributed by atoms with Crippen LogP contribution in [0.5, 0.6) is 5.75 Å². The SMILES string of the molecule is COc1c(/C(C)=C/C(=O)Nc2ccc(C(F)(F)F)cc2)cc2c3c(oc2c1C)CCCC3. The molecule has 1 N–H and O–H groups in total. The van der Waals surface area contributed by atoms with Gasteiger partial charge in [-0.1, -0.05) is 0 Å². The lowest BCUT2D eigenvalue weighted by Gasteiger charge is -2.14. The Labute approximate surface area is 184 Å². The second-order valence-electron chi connectivity index (χ2n) is 8.06. The highest BCUT2D eigenvalue weighted by atomic mass is 19.4. The molecule has 0 radical (unpaired) electrons. The standard InChI is InChI=1S/C25H24F3NO3/c1-14(12-22(30)29-17-10-8-16(9-11-17)25(26,27)28)19-13-20-18-6-4-5-7-21(18)32-24(20)15(2)23(19)31-3/h8-13H,4-7H2,1-3H3,(H,29,30)/b14-12+. The van der Waals surface area contributed by atoms with Gasteiger partial charge in [-0.15, -0.1) is 0 Å². The van der Waals surface area contributed by atoms with Crippen molar-refractivity contribution in [1.82, 2.24) is 0 Å². The Balaban J connectivity index is 1.65. The average molecular weight is 443 g/mol. The Hall–Kier alpha value is -3.22. The topological polar surface area (TPSA) is 51.5 Å². The molecule has 32 heavy (non-hydrogen) atoms. The Morgan fingerprint density at radius 3 is 2.50 bits per heavy atom. The maximum Gasteiger partial charge on any atom is 0.416 e. The minimum Gasteiger partial charge on any atom is -0.496 e. The van der Waals surface area contributed by atoms with E-state index in [0.717, 1.165) is 65.7 Å². The first-order chi connectivity index (χ1) is 15.2. The van der Waals surface area contributed by atoms with Gasteiger partial charge in [0.15, 0.2) is 0 Å². The number of halogens is 3. The lowest BCUT2D eigenvalue weighted by Crippen LogP contribution is -2.10. The number of ether oxygens (including phenoxy) is 1. The molecule has 1 aliphatic carbocycles. The summed E-state index contributed by atoms with van der Waals surface area (Å²) < 4.78 is 49.9. The fourth-order valence-electron chi connectivity index (χ4n) is 4.29. The summed E-state index contributed by atoms with van der Waals surface area (Å²) in [5, 5.41) is 3.66. The predicted octanol–water partition coefficient (Wildman–Crippen LogP) is 6.69. The lowest BCUT2D eigenvalue weighted by atomic mass is 9.93. The summed E-state index contributed by atoms with van der Waals surface area (Å²) in [7, 11) is 1.58. The zero-order chi connectivity index (χ0) is 23.0. The number of amides is 1. The van der Waals surface area contributed by atoms with E-state index in [0.29, 0.717) is 11.3 Å². The number of allylic oxidation sites excluding steroid dienone is 1. The van der Waals surface area contributed by atoms with Gasteiger partial charge in [-0.05, 0) is 69.0 Å². The van der Waals surface area contributed by atoms with Gasteiger partial charge in [0, 0.05) is 40.3 Å². The van der Waals surface area contributed by atoms with E-state index in [4.69, 9.17) is 9.15 Å². The van der Waals surface area contributed by atoms with E-state index in [1.165, 1.54) is 23.8 Å². The molecule has 1 heterocycles. The van der Waals surface area contributed by atoms with Crippen LogP contribution in [0.25, 0.3) is 16.5 Å². The first-order valence-electron chi connectivity index (χ1n) is 10.5. The Morgan fingerprint density at radius 2 is 1.84 bits per heavy atom. The van der Waals surface area contributed by atoms with Gasteiger partial charge in [-0.3, -0.25) is 4.79 Å². The predicted molar refractivity (Wildman–Crippen MR) is 118 cm³/mol. The molecular weight excluding hydrogens is 419 g/mol. The number of anilines is 1. The van der Waals surface area contributed by atoms with Crippen molar-refractivity contribution in [2.24, 2.45) is 0 Å². The van der Waals surface area contributed by atoms with Crippen LogP contribution in [0.3, 0.4) is 0 Å². The van der Waals surface area contributed by atoms with Crippen molar-refractivity contribution in [2.45, 2.75) is 45.7 Å². The molecule has 0 unspecified atom stereocenters. The highest BCUT2D eigenvalue weighted by Crippen LogP contribution is 2.41. The van der Waals surface area contributed by atoms with Gasteiger partial charge in [0.05, 0.1) is 12.7 Å². The largest absolute Gasteiger partial charge is 0.496 e. The summed E-state index contributed by atoms with van der Waals surface area (Å²) in [5.74, 6) is 1.23. The molecule has 168 valence electrons. The number of methoxy groups -OCH3 is 1. The third kappa shape index (κ3) is 4.11. The van der Waals surface area contributed by atoms with Crippen LogP contribution in [-0.4, -0.2) is 13.0 Å². The van der Waals surface area contributed by atoms with Crippen LogP contribution in [0.4, 0.5) is 18.9 Å². The number of rotatable bonds is 4. The van der Waals surface area contributed by atoms with Gasteiger partial charge in [0.2, 0.25) is 5.91 Å². The third-order valence-corrected chi connectivity index (χ3v) is 5.88. The highest BCUT2D eigenvalue weighted by Gasteiger charge is 2.30. The van der Waals surface area contributed by atoms with E-state index < -0.39 is 17.6 Å². The molecule has 0 saturated carbocycles. The van der Waals surface area contributed by atoms with Crippen molar-refractivity contribution in [3.63, 3.8) is 0 Å². The summed E-state index contributed by atoms with van der Waals surface area (Å²) in [4.78, 5) is 12.5. The first kappa shape index (κ1) is 22.0. The number of carbonyl (C=O) groups is 1. The minimum absolute atomic E-state index is 0.287. The third-order valence-electron chi connectivity index (χ3n) is 5.88. The van der Waals surface area contributed by atoms with Gasteiger partial charge < -0.3 is 14.5 Å². The average Bonchev–Trinajstić information content (AvgIpc) is 3.12. The molecule has 0 aliphatic heterocycles. The maximum absolute atomic E-state index is 12.7. The van der Waals surface area contributed by atoms with Crippen LogP contribution in [0, 0.1) is 6.92 Å².